The summed E-state index contributed by atoms with van der Waals surface area (Å²) in [5, 5.41) is 0. The molecule has 1 saturated heterocycles. The first-order valence-electron chi connectivity index (χ1n) is 7.97. The maximum atomic E-state index is 12.2. The highest BCUT2D eigenvalue weighted by Crippen LogP contribution is 2.18. The Morgan fingerprint density at radius 2 is 1.96 bits per heavy atom. The van der Waals surface area contributed by atoms with E-state index in [0.29, 0.717) is 18.8 Å². The molecule has 0 aromatic heterocycles. The Balaban J connectivity index is 1.91. The Labute approximate surface area is 138 Å². The first-order chi connectivity index (χ1) is 10.8. The van der Waals surface area contributed by atoms with Crippen LogP contribution in [-0.4, -0.2) is 47.2 Å². The molecular weight excluding hydrogens is 290 g/mol. The Morgan fingerprint density at radius 1 is 1.30 bits per heavy atom. The van der Waals surface area contributed by atoms with E-state index in [1.165, 1.54) is 5.56 Å². The summed E-state index contributed by atoms with van der Waals surface area (Å²) < 4.78 is 5.44. The van der Waals surface area contributed by atoms with Crippen LogP contribution in [0.1, 0.15) is 33.3 Å². The zero-order valence-electron chi connectivity index (χ0n) is 14.4. The first kappa shape index (κ1) is 17.3. The number of benzene rings is 1. The Hall–Kier alpha value is -2.06. The molecule has 0 aliphatic carbocycles. The fourth-order valence-corrected chi connectivity index (χ4v) is 2.63. The summed E-state index contributed by atoms with van der Waals surface area (Å²) in [5.41, 5.74) is 1.40. The number of nitrogens with zero attached hydrogens (tertiary/aromatic N) is 3. The van der Waals surface area contributed by atoms with Gasteiger partial charge >= 0.3 is 6.09 Å². The van der Waals surface area contributed by atoms with Crippen molar-refractivity contribution in [1.82, 2.24) is 9.80 Å². The fourth-order valence-electron chi connectivity index (χ4n) is 2.63. The van der Waals surface area contributed by atoms with Gasteiger partial charge in [-0.2, -0.15) is 0 Å². The quantitative estimate of drug-likeness (QED) is 0.781. The molecule has 1 aromatic carbocycles. The van der Waals surface area contributed by atoms with Crippen LogP contribution < -0.4 is 0 Å². The molecule has 23 heavy (non-hydrogen) atoms. The summed E-state index contributed by atoms with van der Waals surface area (Å²) in [6.07, 6.45) is -0.231. The lowest BCUT2D eigenvalue weighted by Crippen LogP contribution is -2.54. The van der Waals surface area contributed by atoms with Crippen LogP contribution in [0.3, 0.4) is 0 Å². The number of piperazine rings is 1. The van der Waals surface area contributed by atoms with Crippen molar-refractivity contribution in [2.45, 2.75) is 45.9 Å². The van der Waals surface area contributed by atoms with E-state index in [2.05, 4.69) is 16.7 Å². The molecule has 0 N–H and O–H groups in total. The largest absolute Gasteiger partial charge is 0.444 e. The molecule has 1 aliphatic rings. The van der Waals surface area contributed by atoms with Crippen molar-refractivity contribution in [1.29, 1.82) is 0 Å². The number of hydrogen-bond acceptors (Lipinski definition) is 3. The van der Waals surface area contributed by atoms with Gasteiger partial charge in [-0.3, -0.25) is 4.90 Å². The smallest absolute Gasteiger partial charge is 0.410 e. The van der Waals surface area contributed by atoms with Crippen LogP contribution >= 0.6 is 0 Å². The van der Waals surface area contributed by atoms with Gasteiger partial charge in [0.15, 0.2) is 5.69 Å². The second-order valence-corrected chi connectivity index (χ2v) is 7.02. The third kappa shape index (κ3) is 4.97. The van der Waals surface area contributed by atoms with Crippen LogP contribution in [0.2, 0.25) is 0 Å². The molecule has 0 radical (unpaired) electrons. The van der Waals surface area contributed by atoms with E-state index < -0.39 is 5.60 Å². The molecule has 0 spiro atoms. The van der Waals surface area contributed by atoms with E-state index in [-0.39, 0.29) is 12.1 Å². The average Bonchev–Trinajstić information content (AvgIpc) is 2.48. The van der Waals surface area contributed by atoms with Gasteiger partial charge in [0, 0.05) is 32.2 Å². The van der Waals surface area contributed by atoms with Crippen molar-refractivity contribution >= 4 is 11.8 Å². The van der Waals surface area contributed by atoms with Gasteiger partial charge in [0.25, 0.3) is 0 Å². The molecular formula is C18H25N3O2. The number of amides is 1. The van der Waals surface area contributed by atoms with Crippen LogP contribution in [0, 0.1) is 6.57 Å². The maximum absolute atomic E-state index is 12.2. The van der Waals surface area contributed by atoms with E-state index >= 15 is 0 Å². The molecule has 0 saturated carbocycles. The summed E-state index contributed by atoms with van der Waals surface area (Å²) in [6, 6.07) is 7.98. The molecule has 124 valence electrons. The van der Waals surface area contributed by atoms with E-state index in [4.69, 9.17) is 11.3 Å². The summed E-state index contributed by atoms with van der Waals surface area (Å²) in [4.78, 5) is 19.7. The lowest BCUT2D eigenvalue weighted by atomic mass is 10.1. The van der Waals surface area contributed by atoms with Gasteiger partial charge in [-0.25, -0.2) is 9.64 Å². The minimum Gasteiger partial charge on any atom is -0.444 e. The van der Waals surface area contributed by atoms with Crippen molar-refractivity contribution in [3.05, 3.63) is 41.2 Å². The molecule has 1 unspecified atom stereocenters. The Kier molecular flexibility index (Phi) is 5.27. The number of hydrogen-bond donors (Lipinski definition) is 0. The standard InChI is InChI=1S/C18H25N3O2/c1-14-12-21(17(22)23-18(2,3)4)11-10-20(14)13-15-6-8-16(19-5)9-7-15/h6-9,14H,10-13H2,1-4H3. The van der Waals surface area contributed by atoms with Crippen LogP contribution in [0.25, 0.3) is 4.85 Å². The van der Waals surface area contributed by atoms with E-state index in [0.717, 1.165) is 13.1 Å². The van der Waals surface area contributed by atoms with Crippen LogP contribution in [0.15, 0.2) is 24.3 Å². The minimum absolute atomic E-state index is 0.231. The van der Waals surface area contributed by atoms with Gasteiger partial charge < -0.3 is 9.64 Å². The van der Waals surface area contributed by atoms with Crippen molar-refractivity contribution in [3.8, 4) is 0 Å². The zero-order valence-corrected chi connectivity index (χ0v) is 14.4. The number of rotatable bonds is 2. The molecule has 0 bridgehead atoms. The predicted octanol–water partition coefficient (Wildman–Crippen LogP) is 3.68. The minimum atomic E-state index is -0.456. The van der Waals surface area contributed by atoms with E-state index in [1.807, 2.05) is 45.0 Å². The molecule has 1 fully saturated rings. The molecule has 1 amide bonds. The van der Waals surface area contributed by atoms with Crippen molar-refractivity contribution in [2.24, 2.45) is 0 Å². The predicted molar refractivity (Wildman–Crippen MR) is 90.4 cm³/mol. The molecule has 1 aliphatic heterocycles. The van der Waals surface area contributed by atoms with E-state index in [1.54, 1.807) is 4.90 Å². The number of carbonyl (C=O) groups excluding carboxylic acids is 1. The topological polar surface area (TPSA) is 37.1 Å². The third-order valence-electron chi connectivity index (χ3n) is 3.87. The summed E-state index contributed by atoms with van der Waals surface area (Å²) in [7, 11) is 0. The fraction of sp³-hybridized carbons (Fsp3) is 0.556. The highest BCUT2D eigenvalue weighted by Gasteiger charge is 2.29. The second kappa shape index (κ2) is 7.01. The van der Waals surface area contributed by atoms with Gasteiger partial charge in [0.1, 0.15) is 5.60 Å². The highest BCUT2D eigenvalue weighted by atomic mass is 16.6. The van der Waals surface area contributed by atoms with Crippen molar-refractivity contribution in [3.63, 3.8) is 0 Å². The molecule has 5 nitrogen and oxygen atoms in total. The van der Waals surface area contributed by atoms with E-state index in [9.17, 15) is 4.79 Å². The highest BCUT2D eigenvalue weighted by molar-refractivity contribution is 5.68. The lowest BCUT2D eigenvalue weighted by Gasteiger charge is -2.40. The number of ether oxygens (including phenoxy) is 1. The van der Waals surface area contributed by atoms with Crippen LogP contribution in [-0.2, 0) is 11.3 Å². The maximum Gasteiger partial charge on any atom is 0.410 e. The van der Waals surface area contributed by atoms with Crippen molar-refractivity contribution in [2.75, 3.05) is 19.6 Å². The molecule has 1 atom stereocenters. The van der Waals surface area contributed by atoms with Gasteiger partial charge in [-0.05, 0) is 33.3 Å². The van der Waals surface area contributed by atoms with Crippen molar-refractivity contribution < 1.29 is 9.53 Å². The number of carbonyl (C=O) groups is 1. The van der Waals surface area contributed by atoms with Gasteiger partial charge in [0.05, 0.1) is 6.57 Å². The van der Waals surface area contributed by atoms with Gasteiger partial charge in [0.2, 0.25) is 0 Å². The van der Waals surface area contributed by atoms with Crippen LogP contribution in [0.4, 0.5) is 10.5 Å². The van der Waals surface area contributed by atoms with Gasteiger partial charge in [-0.1, -0.05) is 24.3 Å². The lowest BCUT2D eigenvalue weighted by molar-refractivity contribution is 0.00461. The zero-order chi connectivity index (χ0) is 17.0. The Morgan fingerprint density at radius 3 is 2.48 bits per heavy atom. The SMILES string of the molecule is [C-]#[N+]c1ccc(CN2CCN(C(=O)OC(C)(C)C)CC2C)cc1. The third-order valence-corrected chi connectivity index (χ3v) is 3.87. The summed E-state index contributed by atoms with van der Waals surface area (Å²) in [5.74, 6) is 0. The summed E-state index contributed by atoms with van der Waals surface area (Å²) in [6.45, 7) is 17.8. The average molecular weight is 315 g/mol. The monoisotopic (exact) mass is 315 g/mol. The molecule has 2 rings (SSSR count). The molecule has 1 heterocycles. The molecule has 5 heteroatoms. The summed E-state index contributed by atoms with van der Waals surface area (Å²) >= 11 is 0. The normalized spacial score (nSPS) is 19.3. The molecule has 1 aromatic rings. The van der Waals surface area contributed by atoms with Gasteiger partial charge in [-0.15, -0.1) is 0 Å². The first-order valence-corrected chi connectivity index (χ1v) is 7.97. The Bertz CT molecular complexity index is 584. The van der Waals surface area contributed by atoms with Crippen LogP contribution in [0.5, 0.6) is 0 Å². The second-order valence-electron chi connectivity index (χ2n) is 7.02.